The van der Waals surface area contributed by atoms with E-state index in [-0.39, 0.29) is 6.10 Å². The van der Waals surface area contributed by atoms with Crippen molar-refractivity contribution in [2.45, 2.75) is 58.3 Å². The van der Waals surface area contributed by atoms with Gasteiger partial charge in [0.15, 0.2) is 0 Å². The Bertz CT molecular complexity index is 402. The van der Waals surface area contributed by atoms with Crippen molar-refractivity contribution >= 4 is 0 Å². The Kier molecular flexibility index (Phi) is 5.86. The predicted molar refractivity (Wildman–Crippen MR) is 82.2 cm³/mol. The Morgan fingerprint density at radius 2 is 2.25 bits per heavy atom. The summed E-state index contributed by atoms with van der Waals surface area (Å²) in [5.74, 6) is 0.961. The maximum Gasteiger partial charge on any atom is 0.120 e. The molecule has 0 bridgehead atoms. The lowest BCUT2D eigenvalue weighted by Crippen LogP contribution is -2.28. The van der Waals surface area contributed by atoms with Gasteiger partial charge in [0.25, 0.3) is 0 Å². The van der Waals surface area contributed by atoms with Crippen LogP contribution in [0.5, 0.6) is 5.75 Å². The second-order valence-electron chi connectivity index (χ2n) is 5.67. The molecule has 0 saturated carbocycles. The summed E-state index contributed by atoms with van der Waals surface area (Å²) in [6, 6.07) is 8.70. The molecule has 0 radical (unpaired) electrons. The highest BCUT2D eigenvalue weighted by Gasteiger charge is 2.16. The fraction of sp³-hybridized carbons (Fsp3) is 0.647. The third-order valence-electron chi connectivity index (χ3n) is 3.95. The van der Waals surface area contributed by atoms with Crippen molar-refractivity contribution in [3.63, 3.8) is 0 Å². The largest absolute Gasteiger partial charge is 0.491 e. The summed E-state index contributed by atoms with van der Waals surface area (Å²) < 4.78 is 11.5. The zero-order valence-corrected chi connectivity index (χ0v) is 12.9. The van der Waals surface area contributed by atoms with E-state index in [9.17, 15) is 0 Å². The molecule has 1 aliphatic heterocycles. The number of hydrogen-bond donors (Lipinski definition) is 1. The highest BCUT2D eigenvalue weighted by Crippen LogP contribution is 2.21. The molecule has 0 aromatic heterocycles. The molecule has 0 amide bonds. The number of nitrogens with one attached hydrogen (secondary N) is 1. The van der Waals surface area contributed by atoms with Crippen molar-refractivity contribution in [1.29, 1.82) is 0 Å². The van der Waals surface area contributed by atoms with Gasteiger partial charge in [-0.15, -0.1) is 0 Å². The second-order valence-corrected chi connectivity index (χ2v) is 5.67. The molecule has 1 N–H and O–H groups in total. The summed E-state index contributed by atoms with van der Waals surface area (Å²) >= 11 is 0. The van der Waals surface area contributed by atoms with E-state index in [1.54, 1.807) is 0 Å². The van der Waals surface area contributed by atoms with Gasteiger partial charge in [-0.25, -0.2) is 0 Å². The van der Waals surface area contributed by atoms with Crippen molar-refractivity contribution in [1.82, 2.24) is 5.32 Å². The van der Waals surface area contributed by atoms with E-state index in [0.717, 1.165) is 25.3 Å². The zero-order valence-electron chi connectivity index (χ0n) is 12.9. The fourth-order valence-corrected chi connectivity index (χ4v) is 2.40. The predicted octanol–water partition coefficient (Wildman–Crippen LogP) is 3.69. The third-order valence-corrected chi connectivity index (χ3v) is 3.95. The molecule has 1 fully saturated rings. The van der Waals surface area contributed by atoms with Gasteiger partial charge in [-0.1, -0.05) is 19.1 Å². The first-order chi connectivity index (χ1) is 9.69. The maximum atomic E-state index is 5.88. The third kappa shape index (κ3) is 4.50. The standard InChI is InChI=1S/C17H27NO2/c1-4-13(2)20-16-8-5-7-15(11-16)14(3)18-12-17-9-6-10-19-17/h5,7-8,11,13-14,17-18H,4,6,9-10,12H2,1-3H3/t13-,14+,17+/m0/s1. The smallest absolute Gasteiger partial charge is 0.120 e. The van der Waals surface area contributed by atoms with Crippen molar-refractivity contribution in [2.24, 2.45) is 0 Å². The second kappa shape index (κ2) is 7.65. The molecule has 0 unspecified atom stereocenters. The summed E-state index contributed by atoms with van der Waals surface area (Å²) in [7, 11) is 0. The van der Waals surface area contributed by atoms with Crippen LogP contribution < -0.4 is 10.1 Å². The van der Waals surface area contributed by atoms with Crippen molar-refractivity contribution < 1.29 is 9.47 Å². The van der Waals surface area contributed by atoms with Crippen molar-refractivity contribution in [3.05, 3.63) is 29.8 Å². The summed E-state index contributed by atoms with van der Waals surface area (Å²) in [6.45, 7) is 8.28. The average Bonchev–Trinajstić information content (AvgIpc) is 2.98. The SMILES string of the molecule is CC[C@H](C)Oc1cccc([C@@H](C)NC[C@H]2CCCO2)c1. The minimum atomic E-state index is 0.264. The highest BCUT2D eigenvalue weighted by molar-refractivity contribution is 5.30. The molecule has 3 heteroatoms. The summed E-state index contributed by atoms with van der Waals surface area (Å²) in [6.07, 6.45) is 4.05. The van der Waals surface area contributed by atoms with Crippen LogP contribution in [-0.4, -0.2) is 25.4 Å². The monoisotopic (exact) mass is 277 g/mol. The molecule has 1 heterocycles. The molecular formula is C17H27NO2. The van der Waals surface area contributed by atoms with Crippen molar-refractivity contribution in [3.8, 4) is 5.75 Å². The number of ether oxygens (including phenoxy) is 2. The minimum Gasteiger partial charge on any atom is -0.491 e. The van der Waals surface area contributed by atoms with E-state index in [1.807, 2.05) is 6.07 Å². The molecule has 0 spiro atoms. The molecule has 112 valence electrons. The molecule has 1 aromatic carbocycles. The van der Waals surface area contributed by atoms with Crippen LogP contribution in [0.1, 0.15) is 51.6 Å². The van der Waals surface area contributed by atoms with Gasteiger partial charge >= 0.3 is 0 Å². The van der Waals surface area contributed by atoms with Gasteiger partial charge in [-0.3, -0.25) is 0 Å². The highest BCUT2D eigenvalue weighted by atomic mass is 16.5. The number of benzene rings is 1. The molecule has 3 nitrogen and oxygen atoms in total. The molecule has 0 aliphatic carbocycles. The van der Waals surface area contributed by atoms with Crippen molar-refractivity contribution in [2.75, 3.05) is 13.2 Å². The lowest BCUT2D eigenvalue weighted by Gasteiger charge is -2.19. The van der Waals surface area contributed by atoms with E-state index < -0.39 is 0 Å². The van der Waals surface area contributed by atoms with Crippen LogP contribution in [0.2, 0.25) is 0 Å². The van der Waals surface area contributed by atoms with Crippen LogP contribution in [-0.2, 0) is 4.74 Å². The number of hydrogen-bond acceptors (Lipinski definition) is 3. The maximum absolute atomic E-state index is 5.88. The molecule has 1 aliphatic rings. The van der Waals surface area contributed by atoms with Crippen LogP contribution in [0, 0.1) is 0 Å². The quantitative estimate of drug-likeness (QED) is 0.824. The average molecular weight is 277 g/mol. The topological polar surface area (TPSA) is 30.5 Å². The Morgan fingerprint density at radius 3 is 2.95 bits per heavy atom. The Hall–Kier alpha value is -1.06. The van der Waals surface area contributed by atoms with Gasteiger partial charge in [0.05, 0.1) is 12.2 Å². The van der Waals surface area contributed by atoms with Crippen LogP contribution in [0.25, 0.3) is 0 Å². The molecule has 3 atom stereocenters. The van der Waals surface area contributed by atoms with Gasteiger partial charge in [-0.2, -0.15) is 0 Å². The van der Waals surface area contributed by atoms with Crippen LogP contribution >= 0.6 is 0 Å². The van der Waals surface area contributed by atoms with Crippen LogP contribution in [0.15, 0.2) is 24.3 Å². The lowest BCUT2D eigenvalue weighted by molar-refractivity contribution is 0.108. The first-order valence-electron chi connectivity index (χ1n) is 7.80. The summed E-state index contributed by atoms with van der Waals surface area (Å²) in [5.41, 5.74) is 1.27. The number of rotatable bonds is 7. The molecule has 1 aromatic rings. The molecule has 2 rings (SSSR count). The Labute approximate surface area is 122 Å². The molecule has 1 saturated heterocycles. The van der Waals surface area contributed by atoms with Gasteiger partial charge in [0, 0.05) is 19.2 Å². The van der Waals surface area contributed by atoms with Gasteiger partial charge in [-0.05, 0) is 50.8 Å². The van der Waals surface area contributed by atoms with Crippen LogP contribution in [0.3, 0.4) is 0 Å². The first kappa shape index (κ1) is 15.3. The fourth-order valence-electron chi connectivity index (χ4n) is 2.40. The van der Waals surface area contributed by atoms with E-state index >= 15 is 0 Å². The van der Waals surface area contributed by atoms with E-state index in [4.69, 9.17) is 9.47 Å². The van der Waals surface area contributed by atoms with E-state index in [0.29, 0.717) is 12.1 Å². The van der Waals surface area contributed by atoms with E-state index in [1.165, 1.54) is 18.4 Å². The van der Waals surface area contributed by atoms with Gasteiger partial charge < -0.3 is 14.8 Å². The zero-order chi connectivity index (χ0) is 14.4. The lowest BCUT2D eigenvalue weighted by atomic mass is 10.1. The minimum absolute atomic E-state index is 0.264. The Balaban J connectivity index is 1.88. The normalized spacial score (nSPS) is 21.6. The van der Waals surface area contributed by atoms with Gasteiger partial charge in [0.1, 0.15) is 5.75 Å². The molecule has 20 heavy (non-hydrogen) atoms. The Morgan fingerprint density at radius 1 is 1.40 bits per heavy atom. The first-order valence-corrected chi connectivity index (χ1v) is 7.80. The molecular weight excluding hydrogens is 250 g/mol. The summed E-state index contributed by atoms with van der Waals surface area (Å²) in [4.78, 5) is 0. The van der Waals surface area contributed by atoms with Crippen LogP contribution in [0.4, 0.5) is 0 Å². The van der Waals surface area contributed by atoms with E-state index in [2.05, 4.69) is 44.3 Å². The summed E-state index contributed by atoms with van der Waals surface area (Å²) in [5, 5.41) is 3.55. The van der Waals surface area contributed by atoms with Gasteiger partial charge in [0.2, 0.25) is 0 Å².